The van der Waals surface area contributed by atoms with Gasteiger partial charge in [0.2, 0.25) is 0 Å². The molecule has 0 fully saturated rings. The first-order valence-electron chi connectivity index (χ1n) is 9.84. The van der Waals surface area contributed by atoms with Gasteiger partial charge in [-0.15, -0.1) is 0 Å². The average molecular weight is 398 g/mol. The van der Waals surface area contributed by atoms with Gasteiger partial charge in [0.15, 0.2) is 0 Å². The molecule has 5 nitrogen and oxygen atoms in total. The number of anilines is 2. The summed E-state index contributed by atoms with van der Waals surface area (Å²) in [6.07, 6.45) is 0. The molecule has 1 aliphatic heterocycles. The maximum absolute atomic E-state index is 13.4. The second-order valence-electron chi connectivity index (χ2n) is 6.93. The molecular weight excluding hydrogens is 376 g/mol. The van der Waals surface area contributed by atoms with E-state index in [1.165, 1.54) is 4.90 Å². The van der Waals surface area contributed by atoms with Crippen molar-refractivity contribution in [2.45, 2.75) is 13.8 Å². The summed E-state index contributed by atoms with van der Waals surface area (Å²) in [5.74, 6) is 0.0339. The van der Waals surface area contributed by atoms with E-state index in [-0.39, 0.29) is 17.5 Å². The Hall–Kier alpha value is -3.86. The molecule has 1 N–H and O–H groups in total. The number of hydrogen-bond donors (Lipinski definition) is 1. The Labute approximate surface area is 175 Å². The second kappa shape index (κ2) is 8.25. The quantitative estimate of drug-likeness (QED) is 0.607. The van der Waals surface area contributed by atoms with Gasteiger partial charge in [-0.1, -0.05) is 48.5 Å². The zero-order valence-corrected chi connectivity index (χ0v) is 16.9. The minimum atomic E-state index is -0.373. The first kappa shape index (κ1) is 19.5. The molecule has 5 heteroatoms. The van der Waals surface area contributed by atoms with E-state index < -0.39 is 0 Å². The highest BCUT2D eigenvalue weighted by atomic mass is 16.5. The van der Waals surface area contributed by atoms with Crippen LogP contribution >= 0.6 is 0 Å². The van der Waals surface area contributed by atoms with Crippen molar-refractivity contribution in [3.05, 3.63) is 95.7 Å². The Morgan fingerprint density at radius 2 is 1.50 bits per heavy atom. The molecule has 0 aliphatic carbocycles. The zero-order chi connectivity index (χ0) is 21.1. The summed E-state index contributed by atoms with van der Waals surface area (Å²) in [7, 11) is 0. The third-order valence-electron chi connectivity index (χ3n) is 4.94. The number of nitrogens with zero attached hydrogens (tertiary/aromatic N) is 1. The summed E-state index contributed by atoms with van der Waals surface area (Å²) in [5.41, 5.74) is 3.46. The number of rotatable bonds is 6. The molecule has 30 heavy (non-hydrogen) atoms. The number of amides is 2. The first-order chi connectivity index (χ1) is 14.6. The molecule has 0 radical (unpaired) electrons. The highest BCUT2D eigenvalue weighted by Gasteiger charge is 2.40. The fraction of sp³-hybridized carbons (Fsp3) is 0.120. The molecule has 0 saturated carbocycles. The maximum atomic E-state index is 13.4. The first-order valence-corrected chi connectivity index (χ1v) is 9.84. The van der Waals surface area contributed by atoms with E-state index in [9.17, 15) is 9.59 Å². The van der Waals surface area contributed by atoms with Crippen LogP contribution < -0.4 is 15.0 Å². The van der Waals surface area contributed by atoms with Crippen molar-refractivity contribution in [3.8, 4) is 5.75 Å². The molecule has 0 spiro atoms. The smallest absolute Gasteiger partial charge is 0.282 e. The van der Waals surface area contributed by atoms with E-state index in [0.29, 0.717) is 29.1 Å². The van der Waals surface area contributed by atoms with Gasteiger partial charge < -0.3 is 10.1 Å². The minimum absolute atomic E-state index is 0.263. The van der Waals surface area contributed by atoms with Crippen LogP contribution in [0, 0.1) is 6.92 Å². The Balaban J connectivity index is 1.77. The van der Waals surface area contributed by atoms with Crippen molar-refractivity contribution in [1.29, 1.82) is 0 Å². The lowest BCUT2D eigenvalue weighted by Crippen LogP contribution is -2.33. The number of hydrogen-bond acceptors (Lipinski definition) is 4. The van der Waals surface area contributed by atoms with E-state index in [4.69, 9.17) is 4.74 Å². The van der Waals surface area contributed by atoms with Gasteiger partial charge >= 0.3 is 0 Å². The van der Waals surface area contributed by atoms with Crippen molar-refractivity contribution in [2.75, 3.05) is 16.8 Å². The van der Waals surface area contributed by atoms with Crippen LogP contribution in [0.25, 0.3) is 5.57 Å². The summed E-state index contributed by atoms with van der Waals surface area (Å²) in [6, 6.07) is 23.9. The van der Waals surface area contributed by atoms with Crippen LogP contribution in [-0.4, -0.2) is 18.4 Å². The van der Waals surface area contributed by atoms with Gasteiger partial charge in [0.05, 0.1) is 17.9 Å². The number of aryl methyl sites for hydroxylation is 1. The number of carbonyl (C=O) groups excluding carboxylic acids is 2. The maximum Gasteiger partial charge on any atom is 0.282 e. The molecule has 2 amide bonds. The lowest BCUT2D eigenvalue weighted by Gasteiger charge is -2.17. The molecule has 150 valence electrons. The minimum Gasteiger partial charge on any atom is -0.494 e. The van der Waals surface area contributed by atoms with Crippen molar-refractivity contribution in [1.82, 2.24) is 0 Å². The lowest BCUT2D eigenvalue weighted by atomic mass is 10.0. The third kappa shape index (κ3) is 3.57. The normalized spacial score (nSPS) is 13.7. The molecule has 0 atom stereocenters. The van der Waals surface area contributed by atoms with Gasteiger partial charge in [-0.05, 0) is 55.3 Å². The summed E-state index contributed by atoms with van der Waals surface area (Å²) in [4.78, 5) is 28.0. The van der Waals surface area contributed by atoms with Gasteiger partial charge in [0.1, 0.15) is 11.4 Å². The predicted octanol–water partition coefficient (Wildman–Crippen LogP) is 4.79. The standard InChI is InChI=1S/C25H22N2O3/c1-3-30-20-15-13-19(14-16-20)26-23-22(18-10-5-4-6-11-18)24(28)27(25(23)29)21-12-8-7-9-17(21)2/h4-16,26H,3H2,1-2H3. The van der Waals surface area contributed by atoms with Crippen molar-refractivity contribution in [2.24, 2.45) is 0 Å². The molecule has 3 aromatic rings. The zero-order valence-electron chi connectivity index (χ0n) is 16.9. The van der Waals surface area contributed by atoms with Gasteiger partial charge in [-0.2, -0.15) is 0 Å². The predicted molar refractivity (Wildman–Crippen MR) is 118 cm³/mol. The van der Waals surface area contributed by atoms with Crippen LogP contribution in [0.5, 0.6) is 5.75 Å². The molecular formula is C25H22N2O3. The SMILES string of the molecule is CCOc1ccc(NC2=C(c3ccccc3)C(=O)N(c3ccccc3C)C2=O)cc1. The van der Waals surface area contributed by atoms with Crippen LogP contribution in [0.15, 0.2) is 84.6 Å². The van der Waals surface area contributed by atoms with Gasteiger partial charge in [-0.25, -0.2) is 4.90 Å². The topological polar surface area (TPSA) is 58.6 Å². The Bertz CT molecular complexity index is 1120. The molecule has 4 rings (SSSR count). The van der Waals surface area contributed by atoms with E-state index >= 15 is 0 Å². The van der Waals surface area contributed by atoms with E-state index in [2.05, 4.69) is 5.32 Å². The summed E-state index contributed by atoms with van der Waals surface area (Å²) >= 11 is 0. The number of carbonyl (C=O) groups is 2. The second-order valence-corrected chi connectivity index (χ2v) is 6.93. The lowest BCUT2D eigenvalue weighted by molar-refractivity contribution is -0.120. The molecule has 1 aliphatic rings. The molecule has 0 unspecified atom stereocenters. The number of benzene rings is 3. The molecule has 3 aromatic carbocycles. The summed E-state index contributed by atoms with van der Waals surface area (Å²) in [5, 5.41) is 3.17. The van der Waals surface area contributed by atoms with E-state index in [1.54, 1.807) is 6.07 Å². The highest BCUT2D eigenvalue weighted by molar-refractivity contribution is 6.46. The Morgan fingerprint density at radius 1 is 0.833 bits per heavy atom. The summed E-state index contributed by atoms with van der Waals surface area (Å²) < 4.78 is 5.48. The molecule has 0 aromatic heterocycles. The Morgan fingerprint density at radius 3 is 2.17 bits per heavy atom. The fourth-order valence-corrected chi connectivity index (χ4v) is 3.50. The van der Waals surface area contributed by atoms with Gasteiger partial charge in [0.25, 0.3) is 11.8 Å². The number of ether oxygens (including phenoxy) is 1. The summed E-state index contributed by atoms with van der Waals surface area (Å²) in [6.45, 7) is 4.39. The van der Waals surface area contributed by atoms with Crippen molar-refractivity contribution < 1.29 is 14.3 Å². The van der Waals surface area contributed by atoms with Crippen LogP contribution in [0.4, 0.5) is 11.4 Å². The van der Waals surface area contributed by atoms with Crippen LogP contribution in [-0.2, 0) is 9.59 Å². The van der Waals surface area contributed by atoms with Crippen molar-refractivity contribution in [3.63, 3.8) is 0 Å². The molecule has 0 bridgehead atoms. The van der Waals surface area contributed by atoms with Crippen LogP contribution in [0.1, 0.15) is 18.1 Å². The van der Waals surface area contributed by atoms with Crippen molar-refractivity contribution >= 4 is 28.8 Å². The van der Waals surface area contributed by atoms with Gasteiger partial charge in [-0.3, -0.25) is 9.59 Å². The fourth-order valence-electron chi connectivity index (χ4n) is 3.50. The highest BCUT2D eigenvalue weighted by Crippen LogP contribution is 2.35. The van der Waals surface area contributed by atoms with E-state index in [0.717, 1.165) is 11.3 Å². The Kier molecular flexibility index (Phi) is 5.35. The largest absolute Gasteiger partial charge is 0.494 e. The van der Waals surface area contributed by atoms with Crippen LogP contribution in [0.3, 0.4) is 0 Å². The molecule has 0 saturated heterocycles. The third-order valence-corrected chi connectivity index (χ3v) is 4.94. The molecule has 1 heterocycles. The average Bonchev–Trinajstić information content (AvgIpc) is 3.00. The van der Waals surface area contributed by atoms with E-state index in [1.807, 2.05) is 86.6 Å². The van der Waals surface area contributed by atoms with Gasteiger partial charge in [0, 0.05) is 5.69 Å². The van der Waals surface area contributed by atoms with Crippen LogP contribution in [0.2, 0.25) is 0 Å². The number of nitrogens with one attached hydrogen (secondary N) is 1. The number of imide groups is 1. The monoisotopic (exact) mass is 398 g/mol. The number of para-hydroxylation sites is 1.